The molecule has 0 saturated heterocycles. The molecule has 0 fully saturated rings. The van der Waals surface area contributed by atoms with Crippen LogP contribution in [0.3, 0.4) is 0 Å². The third-order valence-corrected chi connectivity index (χ3v) is 6.07. The van der Waals surface area contributed by atoms with Crippen molar-refractivity contribution < 1.29 is 4.39 Å². The highest BCUT2D eigenvalue weighted by molar-refractivity contribution is 5.75. The van der Waals surface area contributed by atoms with E-state index in [1.807, 2.05) is 32.9 Å². The van der Waals surface area contributed by atoms with Crippen LogP contribution in [0.2, 0.25) is 0 Å². The molecule has 34 heavy (non-hydrogen) atoms. The van der Waals surface area contributed by atoms with E-state index >= 15 is 0 Å². The van der Waals surface area contributed by atoms with Gasteiger partial charge in [0.05, 0.1) is 17.5 Å². The molecule has 1 aliphatic rings. The van der Waals surface area contributed by atoms with Crippen LogP contribution in [-0.2, 0) is 18.4 Å². The number of hydrazine groups is 1. The number of aromatic nitrogens is 4. The third-order valence-electron chi connectivity index (χ3n) is 6.07. The lowest BCUT2D eigenvalue weighted by Crippen LogP contribution is -2.39. The maximum absolute atomic E-state index is 14.2. The molecule has 4 rings (SSSR count). The molecule has 8 nitrogen and oxygen atoms in total. The first-order valence-corrected chi connectivity index (χ1v) is 11.0. The van der Waals surface area contributed by atoms with Crippen LogP contribution in [0.15, 0.2) is 67.2 Å². The van der Waals surface area contributed by atoms with E-state index in [1.165, 1.54) is 6.07 Å². The second kappa shape index (κ2) is 8.66. The molecule has 0 radical (unpaired) electrons. The minimum Gasteiger partial charge on any atom is -0.383 e. The molecule has 1 unspecified atom stereocenters. The first-order valence-electron chi connectivity index (χ1n) is 11.0. The Balaban J connectivity index is 1.70. The minimum absolute atomic E-state index is 0.267. The molecule has 0 amide bonds. The van der Waals surface area contributed by atoms with Crippen LogP contribution < -0.4 is 21.9 Å². The van der Waals surface area contributed by atoms with Gasteiger partial charge in [-0.2, -0.15) is 5.10 Å². The van der Waals surface area contributed by atoms with Crippen molar-refractivity contribution in [3.63, 3.8) is 0 Å². The maximum Gasteiger partial charge on any atom is 0.184 e. The number of hydrogen-bond donors (Lipinski definition) is 4. The normalized spacial score (nSPS) is 16.6. The van der Waals surface area contributed by atoms with E-state index in [1.54, 1.807) is 16.8 Å². The molecule has 1 aromatic carbocycles. The molecule has 5 N–H and O–H groups in total. The van der Waals surface area contributed by atoms with Crippen LogP contribution in [0, 0.1) is 5.82 Å². The van der Waals surface area contributed by atoms with Crippen molar-refractivity contribution in [1.29, 1.82) is 0 Å². The van der Waals surface area contributed by atoms with Gasteiger partial charge in [-0.05, 0) is 32.4 Å². The van der Waals surface area contributed by atoms with E-state index in [0.29, 0.717) is 52.2 Å². The standard InChI is InChI=1S/C25H29FN8/c1-7-18-12-20(33-34(18)13-17-10-8-9-11-19(17)26)23-29-22(27)21-24(30-23)28-15(4)25(21,6)16(5)32-31-14(2)3/h8-12,31-32H,2,4-5,7,13H2,1,3,6H3,(H3,27,28,29,30). The number of allylic oxidation sites excluding steroid dienone is 1. The van der Waals surface area contributed by atoms with Gasteiger partial charge in [-0.15, -0.1) is 0 Å². The van der Waals surface area contributed by atoms with Crippen molar-refractivity contribution >= 4 is 11.6 Å². The van der Waals surface area contributed by atoms with Crippen molar-refractivity contribution in [2.24, 2.45) is 0 Å². The quantitative estimate of drug-likeness (QED) is 0.376. The predicted octanol–water partition coefficient (Wildman–Crippen LogP) is 4.01. The first-order chi connectivity index (χ1) is 16.1. The Morgan fingerprint density at radius 1 is 1.24 bits per heavy atom. The Morgan fingerprint density at radius 3 is 2.65 bits per heavy atom. The van der Waals surface area contributed by atoms with Crippen molar-refractivity contribution in [1.82, 2.24) is 30.6 Å². The summed E-state index contributed by atoms with van der Waals surface area (Å²) in [6.07, 6.45) is 0.718. The first kappa shape index (κ1) is 23.0. The van der Waals surface area contributed by atoms with Crippen LogP contribution >= 0.6 is 0 Å². The molecule has 0 aliphatic carbocycles. The Morgan fingerprint density at radius 2 is 1.97 bits per heavy atom. The number of nitrogen functional groups attached to an aromatic ring is 1. The summed E-state index contributed by atoms with van der Waals surface area (Å²) in [5, 5.41) is 7.89. The highest BCUT2D eigenvalue weighted by Crippen LogP contribution is 2.48. The topological polar surface area (TPSA) is 106 Å². The molecule has 2 aromatic heterocycles. The van der Waals surface area contributed by atoms with Crippen molar-refractivity contribution in [3.8, 4) is 11.5 Å². The number of benzene rings is 1. The lowest BCUT2D eigenvalue weighted by molar-refractivity contribution is 0.566. The van der Waals surface area contributed by atoms with E-state index in [0.717, 1.165) is 17.8 Å². The van der Waals surface area contributed by atoms with Crippen molar-refractivity contribution in [2.75, 3.05) is 11.1 Å². The van der Waals surface area contributed by atoms with Crippen LogP contribution in [0.5, 0.6) is 0 Å². The zero-order valence-corrected chi connectivity index (χ0v) is 19.7. The molecule has 3 aromatic rings. The van der Waals surface area contributed by atoms with E-state index in [2.05, 4.69) is 46.0 Å². The van der Waals surface area contributed by atoms with E-state index in [-0.39, 0.29) is 5.82 Å². The van der Waals surface area contributed by atoms with Gasteiger partial charge in [0.2, 0.25) is 0 Å². The van der Waals surface area contributed by atoms with E-state index in [9.17, 15) is 4.39 Å². The molecule has 0 saturated carbocycles. The molecular weight excluding hydrogens is 431 g/mol. The fourth-order valence-corrected chi connectivity index (χ4v) is 4.01. The summed E-state index contributed by atoms with van der Waals surface area (Å²) >= 11 is 0. The second-order valence-corrected chi connectivity index (χ2v) is 8.52. The Kier molecular flexibility index (Phi) is 5.87. The zero-order chi connectivity index (χ0) is 24.6. The average Bonchev–Trinajstić information content (AvgIpc) is 3.32. The lowest BCUT2D eigenvalue weighted by atomic mass is 9.80. The Hall–Kier alpha value is -4.14. The van der Waals surface area contributed by atoms with Gasteiger partial charge in [-0.3, -0.25) is 4.68 Å². The minimum atomic E-state index is -0.751. The van der Waals surface area contributed by atoms with Crippen LogP contribution in [-0.4, -0.2) is 19.7 Å². The lowest BCUT2D eigenvalue weighted by Gasteiger charge is -2.29. The van der Waals surface area contributed by atoms with E-state index in [4.69, 9.17) is 10.7 Å². The largest absolute Gasteiger partial charge is 0.383 e. The summed E-state index contributed by atoms with van der Waals surface area (Å²) in [5.41, 5.74) is 16.5. The fourth-order valence-electron chi connectivity index (χ4n) is 4.01. The fraction of sp³-hybridized carbons (Fsp3) is 0.240. The van der Waals surface area contributed by atoms with Gasteiger partial charge in [-0.1, -0.05) is 44.9 Å². The summed E-state index contributed by atoms with van der Waals surface area (Å²) in [6.45, 7) is 18.2. The van der Waals surface area contributed by atoms with Gasteiger partial charge in [0.25, 0.3) is 0 Å². The smallest absolute Gasteiger partial charge is 0.184 e. The summed E-state index contributed by atoms with van der Waals surface area (Å²) in [5.74, 6) is 0.960. The predicted molar refractivity (Wildman–Crippen MR) is 133 cm³/mol. The van der Waals surface area contributed by atoms with Gasteiger partial charge in [-0.25, -0.2) is 14.4 Å². The maximum atomic E-state index is 14.2. The van der Waals surface area contributed by atoms with Gasteiger partial charge in [0.1, 0.15) is 23.1 Å². The van der Waals surface area contributed by atoms with Gasteiger partial charge < -0.3 is 21.9 Å². The molecule has 1 aliphatic heterocycles. The number of nitrogens with zero attached hydrogens (tertiary/aromatic N) is 4. The second-order valence-electron chi connectivity index (χ2n) is 8.52. The third kappa shape index (κ3) is 3.89. The van der Waals surface area contributed by atoms with Crippen molar-refractivity contribution in [2.45, 2.75) is 39.2 Å². The average molecular weight is 461 g/mol. The molecule has 176 valence electrons. The van der Waals surface area contributed by atoms with Gasteiger partial charge in [0, 0.05) is 28.3 Å². The summed E-state index contributed by atoms with van der Waals surface area (Å²) in [6, 6.07) is 8.58. The number of halogens is 1. The van der Waals surface area contributed by atoms with E-state index < -0.39 is 5.41 Å². The van der Waals surface area contributed by atoms with Crippen LogP contribution in [0.4, 0.5) is 16.0 Å². The number of nitrogens with one attached hydrogen (secondary N) is 3. The summed E-state index contributed by atoms with van der Waals surface area (Å²) in [4.78, 5) is 9.27. The Labute approximate surface area is 198 Å². The number of hydrogen-bond acceptors (Lipinski definition) is 7. The Bertz CT molecular complexity index is 1310. The van der Waals surface area contributed by atoms with Crippen molar-refractivity contribution in [3.05, 3.63) is 89.8 Å². The molecule has 1 atom stereocenters. The zero-order valence-electron chi connectivity index (χ0n) is 19.7. The number of rotatable bonds is 8. The number of anilines is 2. The monoisotopic (exact) mass is 460 g/mol. The van der Waals surface area contributed by atoms with Gasteiger partial charge >= 0.3 is 0 Å². The highest BCUT2D eigenvalue weighted by Gasteiger charge is 2.44. The number of aryl methyl sites for hydroxylation is 1. The molecule has 0 bridgehead atoms. The van der Waals surface area contributed by atoms with Crippen LogP contribution in [0.25, 0.3) is 11.5 Å². The molecular formula is C25H29FN8. The SMILES string of the molecule is C=C(C)NNC(=C)C1(C)C(=C)Nc2nc(-c3cc(CC)n(Cc4ccccc4F)n3)nc(N)c21. The molecule has 3 heterocycles. The van der Waals surface area contributed by atoms with Gasteiger partial charge in [0.15, 0.2) is 5.82 Å². The number of nitrogens with two attached hydrogens (primary N) is 1. The molecule has 0 spiro atoms. The van der Waals surface area contributed by atoms with Crippen LogP contribution in [0.1, 0.15) is 37.6 Å². The molecule has 9 heteroatoms. The summed E-state index contributed by atoms with van der Waals surface area (Å²) in [7, 11) is 0. The highest BCUT2D eigenvalue weighted by atomic mass is 19.1. The summed E-state index contributed by atoms with van der Waals surface area (Å²) < 4.78 is 16.0. The number of fused-ring (bicyclic) bond motifs is 1.